The molecule has 1 aromatic heterocycles. The molecule has 0 radical (unpaired) electrons. The normalized spacial score (nSPS) is 19.1. The molecule has 6 nitrogen and oxygen atoms in total. The molecule has 0 unspecified atom stereocenters. The number of ether oxygens (including phenoxy) is 1. The summed E-state index contributed by atoms with van der Waals surface area (Å²) in [6, 6.07) is 0. The number of carbonyl (C=O) groups is 1. The van der Waals surface area contributed by atoms with E-state index in [1.54, 1.807) is 6.20 Å². The van der Waals surface area contributed by atoms with Gasteiger partial charge in [0.25, 0.3) is 5.91 Å². The first-order valence-corrected chi connectivity index (χ1v) is 8.38. The first-order chi connectivity index (χ1) is 11.0. The van der Waals surface area contributed by atoms with Crippen LogP contribution in [0.3, 0.4) is 0 Å². The molecule has 23 heavy (non-hydrogen) atoms. The zero-order valence-corrected chi connectivity index (χ0v) is 14.6. The Morgan fingerprint density at radius 3 is 2.96 bits per heavy atom. The van der Waals surface area contributed by atoms with E-state index in [0.717, 1.165) is 32.7 Å². The molecule has 1 N–H and O–H groups in total. The minimum Gasteiger partial charge on any atom is -0.375 e. The highest BCUT2D eigenvalue weighted by molar-refractivity contribution is 5.94. The van der Waals surface area contributed by atoms with E-state index in [2.05, 4.69) is 34.0 Å². The van der Waals surface area contributed by atoms with Gasteiger partial charge >= 0.3 is 0 Å². The average Bonchev–Trinajstić information content (AvgIpc) is 2.46. The molecule has 2 rings (SSSR count). The molecule has 1 aliphatic heterocycles. The predicted octanol–water partition coefficient (Wildman–Crippen LogP) is 1.57. The van der Waals surface area contributed by atoms with E-state index in [1.807, 2.05) is 13.8 Å². The van der Waals surface area contributed by atoms with Crippen LogP contribution < -0.4 is 5.32 Å². The monoisotopic (exact) mass is 320 g/mol. The van der Waals surface area contributed by atoms with Crippen molar-refractivity contribution in [1.82, 2.24) is 20.2 Å². The minimum atomic E-state index is -0.114. The van der Waals surface area contributed by atoms with E-state index < -0.39 is 0 Å². The average molecular weight is 320 g/mol. The lowest BCUT2D eigenvalue weighted by Gasteiger charge is -2.34. The topological polar surface area (TPSA) is 67.4 Å². The molecular formula is C17H28N4O2. The van der Waals surface area contributed by atoms with Gasteiger partial charge in [-0.25, -0.2) is 9.97 Å². The number of amides is 1. The van der Waals surface area contributed by atoms with Crippen LogP contribution in [0.25, 0.3) is 0 Å². The molecule has 2 heterocycles. The molecule has 0 bridgehead atoms. The summed E-state index contributed by atoms with van der Waals surface area (Å²) in [4.78, 5) is 22.9. The number of nitrogens with zero attached hydrogens (tertiary/aromatic N) is 3. The van der Waals surface area contributed by atoms with Gasteiger partial charge in [-0.05, 0) is 26.2 Å². The number of nitrogens with one attached hydrogen (secondary N) is 1. The number of aromatic nitrogens is 2. The lowest BCUT2D eigenvalue weighted by Crippen LogP contribution is -2.45. The number of carbonyl (C=O) groups excluding carboxylic acids is 1. The van der Waals surface area contributed by atoms with Gasteiger partial charge in [0.1, 0.15) is 5.82 Å². The van der Waals surface area contributed by atoms with E-state index in [1.165, 1.54) is 0 Å². The van der Waals surface area contributed by atoms with Gasteiger partial charge in [0.2, 0.25) is 0 Å². The Balaban J connectivity index is 1.77. The highest BCUT2D eigenvalue weighted by atomic mass is 16.5. The van der Waals surface area contributed by atoms with Crippen molar-refractivity contribution < 1.29 is 9.53 Å². The second-order valence-corrected chi connectivity index (χ2v) is 6.61. The van der Waals surface area contributed by atoms with E-state index >= 15 is 0 Å². The van der Waals surface area contributed by atoms with Crippen molar-refractivity contribution in [2.75, 3.05) is 32.8 Å². The fourth-order valence-electron chi connectivity index (χ4n) is 2.89. The summed E-state index contributed by atoms with van der Waals surface area (Å²) in [7, 11) is 0. The van der Waals surface area contributed by atoms with Crippen molar-refractivity contribution >= 4 is 5.91 Å². The second-order valence-electron chi connectivity index (χ2n) is 6.61. The van der Waals surface area contributed by atoms with Gasteiger partial charge in [0.05, 0.1) is 24.0 Å². The maximum Gasteiger partial charge on any atom is 0.254 e. The molecule has 1 atom stereocenters. The molecular weight excluding hydrogens is 292 g/mol. The highest BCUT2D eigenvalue weighted by Crippen LogP contribution is 2.10. The van der Waals surface area contributed by atoms with Gasteiger partial charge < -0.3 is 10.1 Å². The molecule has 1 fully saturated rings. The number of rotatable bonds is 6. The molecule has 128 valence electrons. The fourth-order valence-corrected chi connectivity index (χ4v) is 2.89. The smallest absolute Gasteiger partial charge is 0.254 e. The summed E-state index contributed by atoms with van der Waals surface area (Å²) >= 11 is 0. The van der Waals surface area contributed by atoms with E-state index in [9.17, 15) is 4.79 Å². The van der Waals surface area contributed by atoms with Crippen molar-refractivity contribution in [3.05, 3.63) is 23.3 Å². The lowest BCUT2D eigenvalue weighted by molar-refractivity contribution is -0.0344. The summed E-state index contributed by atoms with van der Waals surface area (Å²) in [5.41, 5.74) is 1.26. The first kappa shape index (κ1) is 17.8. The Kier molecular flexibility index (Phi) is 6.47. The van der Waals surface area contributed by atoms with Crippen LogP contribution in [0, 0.1) is 19.8 Å². The zero-order valence-electron chi connectivity index (χ0n) is 14.6. The Bertz CT molecular complexity index is 533. The van der Waals surface area contributed by atoms with Gasteiger partial charge in [0.15, 0.2) is 0 Å². The molecule has 1 amide bonds. The maximum absolute atomic E-state index is 12.2. The van der Waals surface area contributed by atoms with Gasteiger partial charge in [-0.15, -0.1) is 0 Å². The SMILES string of the molecule is Cc1ncc(C(=O)NCC[C@@H]2CN(CC(C)C)CCO2)c(C)n1. The number of hydrogen-bond acceptors (Lipinski definition) is 5. The Hall–Kier alpha value is -1.53. The predicted molar refractivity (Wildman–Crippen MR) is 89.5 cm³/mol. The third kappa shape index (κ3) is 5.55. The van der Waals surface area contributed by atoms with Crippen molar-refractivity contribution in [2.45, 2.75) is 40.2 Å². The Morgan fingerprint density at radius 2 is 2.26 bits per heavy atom. The van der Waals surface area contributed by atoms with Crippen molar-refractivity contribution in [3.8, 4) is 0 Å². The molecule has 0 spiro atoms. The fraction of sp³-hybridized carbons (Fsp3) is 0.706. The molecule has 0 saturated carbocycles. The standard InChI is InChI=1S/C17H28N4O2/c1-12(2)10-21-7-8-23-15(11-21)5-6-18-17(22)16-9-19-14(4)20-13(16)3/h9,12,15H,5-8,10-11H2,1-4H3,(H,18,22)/t15-/m1/s1. The third-order valence-electron chi connectivity index (χ3n) is 3.94. The zero-order chi connectivity index (χ0) is 16.8. The van der Waals surface area contributed by atoms with Crippen LogP contribution in [0.15, 0.2) is 6.20 Å². The molecule has 1 aromatic rings. The summed E-state index contributed by atoms with van der Waals surface area (Å²) in [5.74, 6) is 1.23. The molecule has 6 heteroatoms. The van der Waals surface area contributed by atoms with Crippen LogP contribution in [0.1, 0.15) is 42.1 Å². The first-order valence-electron chi connectivity index (χ1n) is 8.38. The lowest BCUT2D eigenvalue weighted by atomic mass is 10.1. The van der Waals surface area contributed by atoms with Crippen LogP contribution in [-0.2, 0) is 4.74 Å². The maximum atomic E-state index is 12.2. The Morgan fingerprint density at radius 1 is 1.48 bits per heavy atom. The van der Waals surface area contributed by atoms with Crippen LogP contribution in [0.5, 0.6) is 0 Å². The van der Waals surface area contributed by atoms with E-state index in [0.29, 0.717) is 29.5 Å². The van der Waals surface area contributed by atoms with Crippen molar-refractivity contribution in [1.29, 1.82) is 0 Å². The summed E-state index contributed by atoms with van der Waals surface area (Å²) in [6.45, 7) is 12.5. The van der Waals surface area contributed by atoms with Gasteiger partial charge in [-0.2, -0.15) is 0 Å². The minimum absolute atomic E-state index is 0.114. The Labute approximate surface area is 138 Å². The quantitative estimate of drug-likeness (QED) is 0.862. The highest BCUT2D eigenvalue weighted by Gasteiger charge is 2.21. The van der Waals surface area contributed by atoms with Crippen LogP contribution >= 0.6 is 0 Å². The number of hydrogen-bond donors (Lipinski definition) is 1. The summed E-state index contributed by atoms with van der Waals surface area (Å²) < 4.78 is 5.80. The van der Waals surface area contributed by atoms with Crippen LogP contribution in [-0.4, -0.2) is 59.7 Å². The largest absolute Gasteiger partial charge is 0.375 e. The molecule has 0 aliphatic carbocycles. The number of morpholine rings is 1. The second kappa shape index (κ2) is 8.36. The van der Waals surface area contributed by atoms with Crippen molar-refractivity contribution in [3.63, 3.8) is 0 Å². The molecule has 0 aromatic carbocycles. The summed E-state index contributed by atoms with van der Waals surface area (Å²) in [6.07, 6.45) is 2.61. The van der Waals surface area contributed by atoms with Gasteiger partial charge in [-0.3, -0.25) is 9.69 Å². The van der Waals surface area contributed by atoms with E-state index in [-0.39, 0.29) is 12.0 Å². The van der Waals surface area contributed by atoms with Gasteiger partial charge in [0, 0.05) is 32.4 Å². The van der Waals surface area contributed by atoms with E-state index in [4.69, 9.17) is 4.74 Å². The van der Waals surface area contributed by atoms with Crippen LogP contribution in [0.4, 0.5) is 0 Å². The molecule has 1 saturated heterocycles. The van der Waals surface area contributed by atoms with Gasteiger partial charge in [-0.1, -0.05) is 13.8 Å². The number of aryl methyl sites for hydroxylation is 2. The van der Waals surface area contributed by atoms with Crippen molar-refractivity contribution in [2.24, 2.45) is 5.92 Å². The molecule has 1 aliphatic rings. The third-order valence-corrected chi connectivity index (χ3v) is 3.94. The summed E-state index contributed by atoms with van der Waals surface area (Å²) in [5, 5.41) is 2.94. The van der Waals surface area contributed by atoms with Crippen LogP contribution in [0.2, 0.25) is 0 Å².